The average molecular weight is 309 g/mol. The topological polar surface area (TPSA) is 70.4 Å². The number of hydrogen-bond donors (Lipinski definition) is 2. The third kappa shape index (κ3) is 2.83. The van der Waals surface area contributed by atoms with Gasteiger partial charge in [0.1, 0.15) is 17.5 Å². The van der Waals surface area contributed by atoms with Crippen molar-refractivity contribution in [3.05, 3.63) is 42.2 Å². The second-order valence-electron chi connectivity index (χ2n) is 5.68. The summed E-state index contributed by atoms with van der Waals surface area (Å²) in [6, 6.07) is 7.95. The van der Waals surface area contributed by atoms with Crippen LogP contribution in [-0.2, 0) is 0 Å². The summed E-state index contributed by atoms with van der Waals surface area (Å²) in [5, 5.41) is 11.1. The van der Waals surface area contributed by atoms with Gasteiger partial charge in [0.15, 0.2) is 5.65 Å². The van der Waals surface area contributed by atoms with Gasteiger partial charge in [-0.1, -0.05) is 0 Å². The minimum Gasteiger partial charge on any atom is -0.354 e. The van der Waals surface area contributed by atoms with Gasteiger partial charge < -0.3 is 15.5 Å². The zero-order valence-corrected chi connectivity index (χ0v) is 13.0. The van der Waals surface area contributed by atoms with Crippen LogP contribution in [-0.4, -0.2) is 45.8 Å². The number of aryl methyl sites for hydroxylation is 1. The fraction of sp³-hybridized carbons (Fsp3) is 0.312. The molecule has 0 atom stereocenters. The molecule has 0 bridgehead atoms. The zero-order valence-electron chi connectivity index (χ0n) is 13.0. The van der Waals surface area contributed by atoms with Gasteiger partial charge in [0.05, 0.1) is 6.20 Å². The van der Waals surface area contributed by atoms with Crippen molar-refractivity contribution in [2.45, 2.75) is 6.92 Å². The Morgan fingerprint density at radius 2 is 2.00 bits per heavy atom. The van der Waals surface area contributed by atoms with E-state index in [1.807, 2.05) is 24.3 Å². The van der Waals surface area contributed by atoms with Crippen LogP contribution in [0, 0.1) is 6.92 Å². The number of rotatable bonds is 3. The predicted molar refractivity (Wildman–Crippen MR) is 90.3 cm³/mol. The molecule has 1 fully saturated rings. The molecular weight excluding hydrogens is 290 g/mol. The standard InChI is InChI=1S/C16H19N7/c1-12-2-4-18-13(10-12)20-16-11-15(22-8-6-17-7-9-22)21-14-3-5-19-23(14)16/h2-5,10-11,17H,6-9H2,1H3,(H,18,20). The highest BCUT2D eigenvalue weighted by Gasteiger charge is 2.15. The Hall–Kier alpha value is -2.67. The monoisotopic (exact) mass is 309 g/mol. The zero-order chi connectivity index (χ0) is 15.6. The third-order valence-corrected chi connectivity index (χ3v) is 3.96. The molecule has 23 heavy (non-hydrogen) atoms. The number of fused-ring (bicyclic) bond motifs is 1. The van der Waals surface area contributed by atoms with E-state index in [0.717, 1.165) is 54.8 Å². The van der Waals surface area contributed by atoms with Crippen LogP contribution < -0.4 is 15.5 Å². The van der Waals surface area contributed by atoms with E-state index in [4.69, 9.17) is 4.98 Å². The first-order valence-electron chi connectivity index (χ1n) is 7.80. The predicted octanol–water partition coefficient (Wildman–Crippen LogP) is 1.59. The van der Waals surface area contributed by atoms with Gasteiger partial charge in [0.2, 0.25) is 0 Å². The van der Waals surface area contributed by atoms with E-state index in [1.54, 1.807) is 16.9 Å². The fourth-order valence-corrected chi connectivity index (χ4v) is 2.78. The Kier molecular flexibility index (Phi) is 3.55. The maximum absolute atomic E-state index is 4.72. The number of nitrogens with one attached hydrogen (secondary N) is 2. The SMILES string of the molecule is Cc1ccnc(Nc2cc(N3CCNCC3)nc3ccnn23)c1. The molecular formula is C16H19N7. The average Bonchev–Trinajstić information content (AvgIpc) is 3.04. The van der Waals surface area contributed by atoms with Crippen molar-refractivity contribution in [2.24, 2.45) is 0 Å². The molecule has 0 unspecified atom stereocenters. The molecule has 3 aromatic rings. The van der Waals surface area contributed by atoms with Crippen molar-refractivity contribution in [3.8, 4) is 0 Å². The van der Waals surface area contributed by atoms with Gasteiger partial charge >= 0.3 is 0 Å². The Labute approximate surface area is 134 Å². The lowest BCUT2D eigenvalue weighted by Gasteiger charge is -2.28. The molecule has 1 aliphatic heterocycles. The second kappa shape index (κ2) is 5.85. The van der Waals surface area contributed by atoms with Gasteiger partial charge in [-0.05, 0) is 24.6 Å². The lowest BCUT2D eigenvalue weighted by molar-refractivity contribution is 0.585. The summed E-state index contributed by atoms with van der Waals surface area (Å²) in [6.45, 7) is 5.93. The Morgan fingerprint density at radius 1 is 1.13 bits per heavy atom. The third-order valence-electron chi connectivity index (χ3n) is 3.96. The van der Waals surface area contributed by atoms with E-state index in [-0.39, 0.29) is 0 Å². The molecule has 4 rings (SSSR count). The highest BCUT2D eigenvalue weighted by Crippen LogP contribution is 2.22. The molecule has 2 N–H and O–H groups in total. The Bertz CT molecular complexity index is 820. The van der Waals surface area contributed by atoms with Crippen LogP contribution in [0.5, 0.6) is 0 Å². The van der Waals surface area contributed by atoms with Gasteiger partial charge in [-0.3, -0.25) is 0 Å². The number of hydrogen-bond acceptors (Lipinski definition) is 6. The van der Waals surface area contributed by atoms with Crippen molar-refractivity contribution in [2.75, 3.05) is 36.4 Å². The van der Waals surface area contributed by atoms with E-state index < -0.39 is 0 Å². The Balaban J connectivity index is 1.73. The van der Waals surface area contributed by atoms with Crippen molar-refractivity contribution in [1.29, 1.82) is 0 Å². The first kappa shape index (κ1) is 14.0. The quantitative estimate of drug-likeness (QED) is 0.765. The molecule has 4 heterocycles. The smallest absolute Gasteiger partial charge is 0.159 e. The van der Waals surface area contributed by atoms with Crippen LogP contribution in [0.4, 0.5) is 17.5 Å². The summed E-state index contributed by atoms with van der Waals surface area (Å²) < 4.78 is 1.80. The normalized spacial score (nSPS) is 15.1. The summed E-state index contributed by atoms with van der Waals surface area (Å²) in [5.74, 6) is 2.64. The molecule has 3 aromatic heterocycles. The Morgan fingerprint density at radius 3 is 2.83 bits per heavy atom. The number of anilines is 3. The van der Waals surface area contributed by atoms with Gasteiger partial charge in [-0.2, -0.15) is 9.61 Å². The fourth-order valence-electron chi connectivity index (χ4n) is 2.78. The summed E-state index contributed by atoms with van der Waals surface area (Å²) in [5.41, 5.74) is 1.99. The van der Waals surface area contributed by atoms with Gasteiger partial charge in [0.25, 0.3) is 0 Å². The molecule has 1 aliphatic rings. The van der Waals surface area contributed by atoms with E-state index in [2.05, 4.69) is 32.5 Å². The minimum absolute atomic E-state index is 0.805. The van der Waals surface area contributed by atoms with Crippen LogP contribution in [0.1, 0.15) is 5.56 Å². The summed E-state index contributed by atoms with van der Waals surface area (Å²) >= 11 is 0. The van der Waals surface area contributed by atoms with E-state index in [0.29, 0.717) is 0 Å². The summed E-state index contributed by atoms with van der Waals surface area (Å²) in [7, 11) is 0. The van der Waals surface area contributed by atoms with Crippen LogP contribution in [0.25, 0.3) is 5.65 Å². The summed E-state index contributed by atoms with van der Waals surface area (Å²) in [6.07, 6.45) is 3.56. The van der Waals surface area contributed by atoms with Gasteiger partial charge in [-0.15, -0.1) is 0 Å². The number of aromatic nitrogens is 4. The van der Waals surface area contributed by atoms with Crippen molar-refractivity contribution < 1.29 is 0 Å². The molecule has 0 radical (unpaired) electrons. The maximum Gasteiger partial charge on any atom is 0.159 e. The van der Waals surface area contributed by atoms with Crippen molar-refractivity contribution >= 4 is 23.1 Å². The highest BCUT2D eigenvalue weighted by atomic mass is 15.3. The molecule has 1 saturated heterocycles. The molecule has 0 saturated carbocycles. The van der Waals surface area contributed by atoms with E-state index in [9.17, 15) is 0 Å². The molecule has 7 heteroatoms. The molecule has 0 spiro atoms. The van der Waals surface area contributed by atoms with Crippen LogP contribution >= 0.6 is 0 Å². The first-order valence-corrected chi connectivity index (χ1v) is 7.80. The molecule has 0 aliphatic carbocycles. The highest BCUT2D eigenvalue weighted by molar-refractivity contribution is 5.62. The summed E-state index contributed by atoms with van der Waals surface area (Å²) in [4.78, 5) is 11.4. The maximum atomic E-state index is 4.72. The van der Waals surface area contributed by atoms with Gasteiger partial charge in [0, 0.05) is 44.5 Å². The van der Waals surface area contributed by atoms with Crippen molar-refractivity contribution in [3.63, 3.8) is 0 Å². The molecule has 0 amide bonds. The molecule has 0 aromatic carbocycles. The van der Waals surface area contributed by atoms with Crippen LogP contribution in [0.2, 0.25) is 0 Å². The number of piperazine rings is 1. The number of pyridine rings is 1. The van der Waals surface area contributed by atoms with E-state index >= 15 is 0 Å². The number of nitrogens with zero attached hydrogens (tertiary/aromatic N) is 5. The largest absolute Gasteiger partial charge is 0.354 e. The molecule has 118 valence electrons. The van der Waals surface area contributed by atoms with Crippen LogP contribution in [0.15, 0.2) is 36.7 Å². The lowest BCUT2D eigenvalue weighted by atomic mass is 10.3. The van der Waals surface area contributed by atoms with Crippen molar-refractivity contribution in [1.82, 2.24) is 24.9 Å². The van der Waals surface area contributed by atoms with E-state index in [1.165, 1.54) is 0 Å². The minimum atomic E-state index is 0.805. The second-order valence-corrected chi connectivity index (χ2v) is 5.68. The van der Waals surface area contributed by atoms with Gasteiger partial charge in [-0.25, -0.2) is 9.97 Å². The lowest BCUT2D eigenvalue weighted by Crippen LogP contribution is -2.44. The molecule has 7 nitrogen and oxygen atoms in total. The van der Waals surface area contributed by atoms with Crippen LogP contribution in [0.3, 0.4) is 0 Å². The first-order chi connectivity index (χ1) is 11.3.